The van der Waals surface area contributed by atoms with Crippen molar-refractivity contribution in [3.8, 4) is 0 Å². The lowest BCUT2D eigenvalue weighted by molar-refractivity contribution is 0.0730. The highest BCUT2D eigenvalue weighted by molar-refractivity contribution is 7.89. The van der Waals surface area contributed by atoms with Crippen LogP contribution in [0.15, 0.2) is 33.7 Å². The van der Waals surface area contributed by atoms with E-state index in [4.69, 9.17) is 9.26 Å². The molecule has 1 saturated heterocycles. The standard InChI is InChI=1S/C18H26N4O4S/c1-14(19-2)13-17-20-18(26-21-17)8-5-15-3-6-16(7-4-15)27(23,24)22-9-11-25-12-10-22/h3-4,6-7,14,19H,5,8-13H2,1-2H3. The van der Waals surface area contributed by atoms with Gasteiger partial charge in [-0.25, -0.2) is 8.42 Å². The summed E-state index contributed by atoms with van der Waals surface area (Å²) < 4.78 is 37.2. The van der Waals surface area contributed by atoms with Gasteiger partial charge in [0.25, 0.3) is 0 Å². The summed E-state index contributed by atoms with van der Waals surface area (Å²) in [5.74, 6) is 1.29. The molecule has 148 valence electrons. The highest BCUT2D eigenvalue weighted by Gasteiger charge is 2.26. The maximum atomic E-state index is 12.6. The van der Waals surface area contributed by atoms with Gasteiger partial charge in [0, 0.05) is 32.0 Å². The van der Waals surface area contributed by atoms with Gasteiger partial charge in [-0.05, 0) is 38.1 Å². The van der Waals surface area contributed by atoms with E-state index in [1.54, 1.807) is 12.1 Å². The number of nitrogens with zero attached hydrogens (tertiary/aromatic N) is 3. The molecule has 1 aromatic heterocycles. The monoisotopic (exact) mass is 394 g/mol. The van der Waals surface area contributed by atoms with Gasteiger partial charge in [-0.3, -0.25) is 0 Å². The Bertz CT molecular complexity index is 829. The number of benzene rings is 1. The van der Waals surface area contributed by atoms with Crippen molar-refractivity contribution in [2.24, 2.45) is 0 Å². The lowest BCUT2D eigenvalue weighted by Gasteiger charge is -2.26. The van der Waals surface area contributed by atoms with Gasteiger partial charge in [-0.1, -0.05) is 17.3 Å². The summed E-state index contributed by atoms with van der Waals surface area (Å²) in [4.78, 5) is 4.71. The molecular weight excluding hydrogens is 368 g/mol. The second-order valence-electron chi connectivity index (χ2n) is 6.66. The van der Waals surface area contributed by atoms with Gasteiger partial charge >= 0.3 is 0 Å². The van der Waals surface area contributed by atoms with Crippen molar-refractivity contribution >= 4 is 10.0 Å². The topological polar surface area (TPSA) is 97.6 Å². The van der Waals surface area contributed by atoms with E-state index < -0.39 is 10.0 Å². The van der Waals surface area contributed by atoms with E-state index in [0.717, 1.165) is 5.56 Å². The molecule has 1 atom stereocenters. The fraction of sp³-hybridized carbons (Fsp3) is 0.556. The maximum Gasteiger partial charge on any atom is 0.243 e. The first-order chi connectivity index (χ1) is 13.0. The largest absolute Gasteiger partial charge is 0.379 e. The molecule has 8 nitrogen and oxygen atoms in total. The minimum absolute atomic E-state index is 0.288. The number of nitrogens with one attached hydrogen (secondary N) is 1. The summed E-state index contributed by atoms with van der Waals surface area (Å²) >= 11 is 0. The number of hydrogen-bond acceptors (Lipinski definition) is 7. The Labute approximate surface area is 160 Å². The minimum Gasteiger partial charge on any atom is -0.379 e. The van der Waals surface area contributed by atoms with Gasteiger partial charge in [-0.15, -0.1) is 0 Å². The summed E-state index contributed by atoms with van der Waals surface area (Å²) in [7, 11) is -1.55. The first-order valence-electron chi connectivity index (χ1n) is 9.14. The van der Waals surface area contributed by atoms with Crippen LogP contribution in [0.5, 0.6) is 0 Å². The number of likely N-dealkylation sites (N-methyl/N-ethyl adjacent to an activating group) is 1. The van der Waals surface area contributed by atoms with Crippen LogP contribution < -0.4 is 5.32 Å². The molecule has 0 bridgehead atoms. The highest BCUT2D eigenvalue weighted by Crippen LogP contribution is 2.18. The van der Waals surface area contributed by atoms with Crippen LogP contribution in [0.4, 0.5) is 0 Å². The fourth-order valence-electron chi connectivity index (χ4n) is 2.87. The first-order valence-corrected chi connectivity index (χ1v) is 10.6. The number of rotatable bonds is 8. The zero-order chi connectivity index (χ0) is 19.3. The number of aryl methyl sites for hydroxylation is 2. The summed E-state index contributed by atoms with van der Waals surface area (Å²) in [5.41, 5.74) is 1.03. The van der Waals surface area contributed by atoms with E-state index in [0.29, 0.717) is 62.2 Å². The molecule has 2 aromatic rings. The van der Waals surface area contributed by atoms with E-state index >= 15 is 0 Å². The smallest absolute Gasteiger partial charge is 0.243 e. The zero-order valence-electron chi connectivity index (χ0n) is 15.7. The van der Waals surface area contributed by atoms with Crippen molar-refractivity contribution in [2.45, 2.75) is 37.1 Å². The van der Waals surface area contributed by atoms with Crippen molar-refractivity contribution < 1.29 is 17.7 Å². The Morgan fingerprint density at radius 1 is 1.19 bits per heavy atom. The number of sulfonamides is 1. The van der Waals surface area contributed by atoms with Gasteiger partial charge in [0.15, 0.2) is 5.82 Å². The van der Waals surface area contributed by atoms with Crippen LogP contribution >= 0.6 is 0 Å². The van der Waals surface area contributed by atoms with Crippen molar-refractivity contribution in [3.63, 3.8) is 0 Å². The SMILES string of the molecule is CNC(C)Cc1noc(CCc2ccc(S(=O)(=O)N3CCOCC3)cc2)n1. The molecular formula is C18H26N4O4S. The van der Waals surface area contributed by atoms with E-state index in [1.807, 2.05) is 19.2 Å². The highest BCUT2D eigenvalue weighted by atomic mass is 32.2. The van der Waals surface area contributed by atoms with Gasteiger partial charge in [0.05, 0.1) is 18.1 Å². The average molecular weight is 394 g/mol. The van der Waals surface area contributed by atoms with Crippen LogP contribution in [0.2, 0.25) is 0 Å². The van der Waals surface area contributed by atoms with Gasteiger partial charge < -0.3 is 14.6 Å². The molecule has 2 heterocycles. The third kappa shape index (κ3) is 5.13. The molecule has 9 heteroatoms. The summed E-state index contributed by atoms with van der Waals surface area (Å²) in [6.07, 6.45) is 2.05. The molecule has 3 rings (SSSR count). The van der Waals surface area contributed by atoms with Crippen LogP contribution in [-0.4, -0.2) is 62.3 Å². The number of hydrogen-bond donors (Lipinski definition) is 1. The van der Waals surface area contributed by atoms with Crippen LogP contribution in [0, 0.1) is 0 Å². The van der Waals surface area contributed by atoms with E-state index in [1.165, 1.54) is 4.31 Å². The third-order valence-electron chi connectivity index (χ3n) is 4.65. The molecule has 1 fully saturated rings. The molecule has 0 amide bonds. The Morgan fingerprint density at radius 3 is 2.56 bits per heavy atom. The molecule has 1 aromatic carbocycles. The normalized spacial score (nSPS) is 17.1. The Hall–Kier alpha value is -1.81. The third-order valence-corrected chi connectivity index (χ3v) is 6.56. The summed E-state index contributed by atoms with van der Waals surface area (Å²) in [6, 6.07) is 7.29. The Kier molecular flexibility index (Phi) is 6.59. The molecule has 0 aliphatic carbocycles. The lowest BCUT2D eigenvalue weighted by Crippen LogP contribution is -2.40. The second kappa shape index (κ2) is 8.92. The second-order valence-corrected chi connectivity index (χ2v) is 8.60. The van der Waals surface area contributed by atoms with Crippen LogP contribution in [0.3, 0.4) is 0 Å². The minimum atomic E-state index is -3.45. The first kappa shape index (κ1) is 19.9. The zero-order valence-corrected chi connectivity index (χ0v) is 16.5. The fourth-order valence-corrected chi connectivity index (χ4v) is 4.27. The summed E-state index contributed by atoms with van der Waals surface area (Å²) in [5, 5.41) is 7.13. The van der Waals surface area contributed by atoms with E-state index in [2.05, 4.69) is 22.4 Å². The average Bonchev–Trinajstić information content (AvgIpc) is 3.14. The molecule has 0 radical (unpaired) electrons. The molecule has 1 aliphatic heterocycles. The van der Waals surface area contributed by atoms with Gasteiger partial charge in [-0.2, -0.15) is 9.29 Å². The Balaban J connectivity index is 1.58. The summed E-state index contributed by atoms with van der Waals surface area (Å²) in [6.45, 7) is 3.74. The van der Waals surface area contributed by atoms with Crippen molar-refractivity contribution in [1.82, 2.24) is 19.8 Å². The predicted molar refractivity (Wildman–Crippen MR) is 100.0 cm³/mol. The molecule has 27 heavy (non-hydrogen) atoms. The predicted octanol–water partition coefficient (Wildman–Crippen LogP) is 1.03. The number of morpholine rings is 1. The van der Waals surface area contributed by atoms with Gasteiger partial charge in [0.1, 0.15) is 0 Å². The van der Waals surface area contributed by atoms with Crippen LogP contribution in [-0.2, 0) is 34.0 Å². The molecule has 0 saturated carbocycles. The maximum absolute atomic E-state index is 12.6. The number of ether oxygens (including phenoxy) is 1. The molecule has 1 unspecified atom stereocenters. The Morgan fingerprint density at radius 2 is 1.89 bits per heavy atom. The lowest BCUT2D eigenvalue weighted by atomic mass is 10.1. The quantitative estimate of drug-likeness (QED) is 0.714. The van der Waals surface area contributed by atoms with E-state index in [9.17, 15) is 8.42 Å². The van der Waals surface area contributed by atoms with Crippen molar-refractivity contribution in [1.29, 1.82) is 0 Å². The number of aromatic nitrogens is 2. The molecule has 1 N–H and O–H groups in total. The van der Waals surface area contributed by atoms with Crippen molar-refractivity contribution in [2.75, 3.05) is 33.4 Å². The molecule has 0 spiro atoms. The van der Waals surface area contributed by atoms with Crippen LogP contribution in [0.1, 0.15) is 24.2 Å². The molecule has 1 aliphatic rings. The van der Waals surface area contributed by atoms with Gasteiger partial charge in [0.2, 0.25) is 15.9 Å². The van der Waals surface area contributed by atoms with Crippen molar-refractivity contribution in [3.05, 3.63) is 41.5 Å². The van der Waals surface area contributed by atoms with Crippen LogP contribution in [0.25, 0.3) is 0 Å². The van der Waals surface area contributed by atoms with E-state index in [-0.39, 0.29) is 6.04 Å².